The van der Waals surface area contributed by atoms with Crippen LogP contribution in [0.2, 0.25) is 0 Å². The van der Waals surface area contributed by atoms with Gasteiger partial charge in [0.05, 0.1) is 32.1 Å². The van der Waals surface area contributed by atoms with Gasteiger partial charge < -0.3 is 23.9 Å². The number of amides is 1. The van der Waals surface area contributed by atoms with Crippen molar-refractivity contribution in [1.82, 2.24) is 5.32 Å². The molecule has 6 heteroatoms. The highest BCUT2D eigenvalue weighted by atomic mass is 16.6. The van der Waals surface area contributed by atoms with E-state index in [0.717, 1.165) is 5.56 Å². The van der Waals surface area contributed by atoms with Crippen molar-refractivity contribution < 1.29 is 23.4 Å². The lowest BCUT2D eigenvalue weighted by Crippen LogP contribution is -2.44. The van der Waals surface area contributed by atoms with Gasteiger partial charge in [0.15, 0.2) is 5.76 Å². The SMILES string of the molecule is O=C(N[C@H]1CO[C@H]2[C@H]1OC[C@@H]2OCc1ccccc1)c1ccco1. The van der Waals surface area contributed by atoms with E-state index in [1.54, 1.807) is 12.1 Å². The number of hydrogen-bond acceptors (Lipinski definition) is 5. The normalized spacial score (nSPS) is 28.7. The standard InChI is InChI=1S/C18H19NO5/c20-18(14-7-4-8-21-14)19-13-10-23-17-15(11-24-16(13)17)22-9-12-5-2-1-3-6-12/h1-8,13,15-17H,9-11H2,(H,19,20)/t13-,15-,16-,17+/m0/s1. The zero-order valence-electron chi connectivity index (χ0n) is 13.1. The molecule has 0 unspecified atom stereocenters. The Labute approximate surface area is 139 Å². The first-order valence-corrected chi connectivity index (χ1v) is 8.04. The zero-order chi connectivity index (χ0) is 16.4. The maximum Gasteiger partial charge on any atom is 0.287 e. The topological polar surface area (TPSA) is 69.9 Å². The first kappa shape index (κ1) is 15.4. The number of carbonyl (C=O) groups excluding carboxylic acids is 1. The van der Waals surface area contributed by atoms with Crippen molar-refractivity contribution in [3.05, 3.63) is 60.1 Å². The molecular formula is C18H19NO5. The van der Waals surface area contributed by atoms with E-state index in [1.807, 2.05) is 30.3 Å². The van der Waals surface area contributed by atoms with Crippen LogP contribution in [0.3, 0.4) is 0 Å². The van der Waals surface area contributed by atoms with Crippen molar-refractivity contribution in [2.24, 2.45) is 0 Å². The summed E-state index contributed by atoms with van der Waals surface area (Å²) in [4.78, 5) is 12.1. The number of fused-ring (bicyclic) bond motifs is 1. The predicted molar refractivity (Wildman–Crippen MR) is 84.5 cm³/mol. The maximum absolute atomic E-state index is 12.1. The second-order valence-electron chi connectivity index (χ2n) is 5.99. The molecule has 0 saturated carbocycles. The van der Waals surface area contributed by atoms with Crippen LogP contribution in [-0.4, -0.2) is 43.5 Å². The van der Waals surface area contributed by atoms with Crippen molar-refractivity contribution in [2.75, 3.05) is 13.2 Å². The highest BCUT2D eigenvalue weighted by Gasteiger charge is 2.48. The number of nitrogens with one attached hydrogen (secondary N) is 1. The Morgan fingerprint density at radius 2 is 1.92 bits per heavy atom. The molecule has 2 saturated heterocycles. The van der Waals surface area contributed by atoms with Gasteiger partial charge in [-0.3, -0.25) is 4.79 Å². The van der Waals surface area contributed by atoms with Crippen LogP contribution in [0.25, 0.3) is 0 Å². The monoisotopic (exact) mass is 329 g/mol. The summed E-state index contributed by atoms with van der Waals surface area (Å²) in [5.41, 5.74) is 1.11. The van der Waals surface area contributed by atoms with Crippen molar-refractivity contribution in [1.29, 1.82) is 0 Å². The molecule has 4 rings (SSSR count). The smallest absolute Gasteiger partial charge is 0.287 e. The van der Waals surface area contributed by atoms with E-state index in [9.17, 15) is 4.79 Å². The number of ether oxygens (including phenoxy) is 3. The highest BCUT2D eigenvalue weighted by Crippen LogP contribution is 2.29. The van der Waals surface area contributed by atoms with Gasteiger partial charge in [0, 0.05) is 0 Å². The predicted octanol–water partition coefficient (Wildman–Crippen LogP) is 1.76. The summed E-state index contributed by atoms with van der Waals surface area (Å²) in [6.45, 7) is 1.40. The van der Waals surface area contributed by atoms with Crippen LogP contribution in [0, 0.1) is 0 Å². The lowest BCUT2D eigenvalue weighted by atomic mass is 10.1. The molecular weight excluding hydrogens is 310 g/mol. The summed E-state index contributed by atoms with van der Waals surface area (Å²) in [6, 6.07) is 13.1. The van der Waals surface area contributed by atoms with Crippen LogP contribution >= 0.6 is 0 Å². The number of furan rings is 1. The fourth-order valence-corrected chi connectivity index (χ4v) is 3.16. The minimum Gasteiger partial charge on any atom is -0.459 e. The molecule has 126 valence electrons. The van der Waals surface area contributed by atoms with Crippen molar-refractivity contribution in [2.45, 2.75) is 31.0 Å². The summed E-state index contributed by atoms with van der Waals surface area (Å²) in [7, 11) is 0. The molecule has 1 aromatic heterocycles. The molecule has 24 heavy (non-hydrogen) atoms. The maximum atomic E-state index is 12.1. The first-order valence-electron chi connectivity index (χ1n) is 8.04. The molecule has 2 aromatic rings. The average molecular weight is 329 g/mol. The molecule has 3 heterocycles. The van der Waals surface area contributed by atoms with E-state index < -0.39 is 0 Å². The van der Waals surface area contributed by atoms with Gasteiger partial charge in [0.2, 0.25) is 0 Å². The van der Waals surface area contributed by atoms with Gasteiger partial charge in [-0.25, -0.2) is 0 Å². The summed E-state index contributed by atoms with van der Waals surface area (Å²) in [6.07, 6.45) is 1.00. The first-order chi connectivity index (χ1) is 11.8. The van der Waals surface area contributed by atoms with Gasteiger partial charge in [0.1, 0.15) is 18.3 Å². The van der Waals surface area contributed by atoms with Crippen LogP contribution in [-0.2, 0) is 20.8 Å². The van der Waals surface area contributed by atoms with Crippen LogP contribution < -0.4 is 5.32 Å². The number of hydrogen-bond donors (Lipinski definition) is 1. The summed E-state index contributed by atoms with van der Waals surface area (Å²) >= 11 is 0. The molecule has 1 amide bonds. The Bertz CT molecular complexity index is 672. The largest absolute Gasteiger partial charge is 0.459 e. The van der Waals surface area contributed by atoms with Gasteiger partial charge in [-0.2, -0.15) is 0 Å². The van der Waals surface area contributed by atoms with Gasteiger partial charge in [-0.05, 0) is 17.7 Å². The second kappa shape index (κ2) is 6.76. The fourth-order valence-electron chi connectivity index (χ4n) is 3.16. The highest BCUT2D eigenvalue weighted by molar-refractivity contribution is 5.91. The van der Waals surface area contributed by atoms with Crippen LogP contribution in [0.1, 0.15) is 16.1 Å². The Morgan fingerprint density at radius 1 is 1.08 bits per heavy atom. The molecule has 1 aromatic carbocycles. The van der Waals surface area contributed by atoms with E-state index in [-0.39, 0.29) is 36.0 Å². The third kappa shape index (κ3) is 3.08. The van der Waals surface area contributed by atoms with Gasteiger partial charge in [-0.15, -0.1) is 0 Å². The Hall–Kier alpha value is -2.15. The molecule has 0 aliphatic carbocycles. The number of benzene rings is 1. The van der Waals surface area contributed by atoms with Gasteiger partial charge in [0.25, 0.3) is 5.91 Å². The number of rotatable bonds is 5. The molecule has 0 bridgehead atoms. The minimum atomic E-state index is -0.258. The van der Waals surface area contributed by atoms with Crippen LogP contribution in [0.15, 0.2) is 53.1 Å². The quantitative estimate of drug-likeness (QED) is 0.905. The summed E-state index contributed by atoms with van der Waals surface area (Å²) in [5, 5.41) is 2.91. The van der Waals surface area contributed by atoms with Crippen molar-refractivity contribution >= 4 is 5.91 Å². The molecule has 6 nitrogen and oxygen atoms in total. The summed E-state index contributed by atoms with van der Waals surface area (Å²) in [5.74, 6) is 0.0276. The van der Waals surface area contributed by atoms with E-state index in [2.05, 4.69) is 5.32 Å². The summed E-state index contributed by atoms with van der Waals surface area (Å²) < 4.78 is 22.7. The molecule has 4 atom stereocenters. The van der Waals surface area contributed by atoms with Crippen molar-refractivity contribution in [3.8, 4) is 0 Å². The van der Waals surface area contributed by atoms with E-state index in [1.165, 1.54) is 6.26 Å². The molecule has 0 radical (unpaired) electrons. The lowest BCUT2D eigenvalue weighted by molar-refractivity contribution is -0.0392. The van der Waals surface area contributed by atoms with Gasteiger partial charge in [-0.1, -0.05) is 30.3 Å². The Kier molecular flexibility index (Phi) is 4.34. The third-order valence-electron chi connectivity index (χ3n) is 4.38. The van der Waals surface area contributed by atoms with E-state index in [4.69, 9.17) is 18.6 Å². The minimum absolute atomic E-state index is 0.124. The third-order valence-corrected chi connectivity index (χ3v) is 4.38. The fraction of sp³-hybridized carbons (Fsp3) is 0.389. The second-order valence-corrected chi connectivity index (χ2v) is 5.99. The van der Waals surface area contributed by atoms with Gasteiger partial charge >= 0.3 is 0 Å². The average Bonchev–Trinajstić information content (AvgIpc) is 3.33. The zero-order valence-corrected chi connectivity index (χ0v) is 13.1. The van der Waals surface area contributed by atoms with E-state index >= 15 is 0 Å². The van der Waals surface area contributed by atoms with Crippen LogP contribution in [0.5, 0.6) is 0 Å². The van der Waals surface area contributed by atoms with Crippen LogP contribution in [0.4, 0.5) is 0 Å². The lowest BCUT2D eigenvalue weighted by Gasteiger charge is -2.17. The molecule has 1 N–H and O–H groups in total. The molecule has 2 aliphatic rings. The number of carbonyl (C=O) groups is 1. The molecule has 0 spiro atoms. The Morgan fingerprint density at radius 3 is 2.71 bits per heavy atom. The molecule has 2 fully saturated rings. The van der Waals surface area contributed by atoms with E-state index in [0.29, 0.717) is 19.8 Å². The van der Waals surface area contributed by atoms with Crippen molar-refractivity contribution in [3.63, 3.8) is 0 Å². The molecule has 2 aliphatic heterocycles. The Balaban J connectivity index is 1.33.